The predicted molar refractivity (Wildman–Crippen MR) is 64.0 cm³/mol. The van der Waals surface area contributed by atoms with Crippen LogP contribution in [0.4, 0.5) is 0 Å². The Morgan fingerprint density at radius 3 is 2.47 bits per heavy atom. The van der Waals surface area contributed by atoms with Crippen LogP contribution in [0.5, 0.6) is 5.75 Å². The second-order valence-electron chi connectivity index (χ2n) is 4.26. The summed E-state index contributed by atoms with van der Waals surface area (Å²) in [5, 5.41) is 19.1. The molecule has 0 saturated carbocycles. The van der Waals surface area contributed by atoms with Crippen molar-refractivity contribution in [2.45, 2.75) is 25.9 Å². The van der Waals surface area contributed by atoms with Crippen LogP contribution in [0.1, 0.15) is 20.3 Å². The van der Waals surface area contributed by atoms with Crippen LogP contribution in [-0.4, -0.2) is 28.4 Å². The van der Waals surface area contributed by atoms with E-state index in [9.17, 15) is 9.90 Å². The van der Waals surface area contributed by atoms with Crippen LogP contribution in [0.2, 0.25) is 0 Å². The van der Waals surface area contributed by atoms with Crippen LogP contribution >= 0.6 is 0 Å². The molecule has 0 aliphatic rings. The van der Waals surface area contributed by atoms with Gasteiger partial charge in [-0.1, -0.05) is 25.1 Å². The lowest BCUT2D eigenvalue weighted by Crippen LogP contribution is -2.44. The molecule has 2 N–H and O–H groups in total. The fraction of sp³-hybridized carbons (Fsp3) is 0.462. The molecular weight excluding hydrogens is 220 g/mol. The molecule has 94 valence electrons. The molecule has 2 atom stereocenters. The standard InChI is InChI=1S/C13H18O4/c1-3-11(12(14)15)13(2,16)9-17-10-7-5-4-6-8-10/h4-8,11,16H,3,9H2,1-2H3,(H,14,15). The topological polar surface area (TPSA) is 66.8 Å². The molecule has 0 fully saturated rings. The van der Waals surface area contributed by atoms with Crippen molar-refractivity contribution in [3.8, 4) is 5.75 Å². The molecule has 1 aromatic carbocycles. The van der Waals surface area contributed by atoms with Gasteiger partial charge in [-0.15, -0.1) is 0 Å². The fourth-order valence-electron chi connectivity index (χ4n) is 1.73. The molecule has 0 radical (unpaired) electrons. The third-order valence-electron chi connectivity index (χ3n) is 2.73. The summed E-state index contributed by atoms with van der Waals surface area (Å²) in [5.74, 6) is -1.21. The van der Waals surface area contributed by atoms with E-state index < -0.39 is 17.5 Å². The molecule has 4 nitrogen and oxygen atoms in total. The maximum absolute atomic E-state index is 11.0. The van der Waals surface area contributed by atoms with Crippen LogP contribution in [0.25, 0.3) is 0 Å². The van der Waals surface area contributed by atoms with Gasteiger partial charge in [-0.05, 0) is 25.5 Å². The number of hydrogen-bond acceptors (Lipinski definition) is 3. The van der Waals surface area contributed by atoms with Gasteiger partial charge in [-0.2, -0.15) is 0 Å². The maximum Gasteiger partial charge on any atom is 0.309 e. The Bertz CT molecular complexity index is 359. The van der Waals surface area contributed by atoms with E-state index in [4.69, 9.17) is 9.84 Å². The molecule has 1 rings (SSSR count). The minimum Gasteiger partial charge on any atom is -0.491 e. The van der Waals surface area contributed by atoms with Gasteiger partial charge in [0.25, 0.3) is 0 Å². The van der Waals surface area contributed by atoms with E-state index in [1.54, 1.807) is 19.1 Å². The number of carboxylic acid groups (broad SMARTS) is 1. The molecule has 1 aromatic rings. The monoisotopic (exact) mass is 238 g/mol. The van der Waals surface area contributed by atoms with Crippen molar-refractivity contribution in [3.05, 3.63) is 30.3 Å². The Hall–Kier alpha value is -1.55. The Labute approximate surface area is 101 Å². The number of carbonyl (C=O) groups is 1. The molecule has 0 saturated heterocycles. The number of hydrogen-bond donors (Lipinski definition) is 2. The van der Waals surface area contributed by atoms with Gasteiger partial charge in [0.1, 0.15) is 18.0 Å². The zero-order valence-corrected chi connectivity index (χ0v) is 10.1. The number of para-hydroxylation sites is 1. The van der Waals surface area contributed by atoms with E-state index in [1.807, 2.05) is 18.2 Å². The first-order valence-corrected chi connectivity index (χ1v) is 5.60. The SMILES string of the molecule is CCC(C(=O)O)C(C)(O)COc1ccccc1. The molecule has 0 aromatic heterocycles. The Morgan fingerprint density at radius 1 is 1.41 bits per heavy atom. The molecule has 2 unspecified atom stereocenters. The summed E-state index contributed by atoms with van der Waals surface area (Å²) in [5.41, 5.74) is -1.38. The molecule has 0 bridgehead atoms. The summed E-state index contributed by atoms with van der Waals surface area (Å²) in [4.78, 5) is 11.0. The van der Waals surface area contributed by atoms with Gasteiger partial charge in [0.15, 0.2) is 0 Å². The van der Waals surface area contributed by atoms with Crippen molar-refractivity contribution in [1.29, 1.82) is 0 Å². The van der Waals surface area contributed by atoms with E-state index in [2.05, 4.69) is 0 Å². The van der Waals surface area contributed by atoms with E-state index >= 15 is 0 Å². The van der Waals surface area contributed by atoms with E-state index in [0.29, 0.717) is 12.2 Å². The number of carboxylic acids is 1. The highest BCUT2D eigenvalue weighted by Crippen LogP contribution is 2.22. The van der Waals surface area contributed by atoms with Crippen LogP contribution < -0.4 is 4.74 Å². The zero-order chi connectivity index (χ0) is 12.9. The second-order valence-corrected chi connectivity index (χ2v) is 4.26. The first kappa shape index (κ1) is 13.5. The van der Waals surface area contributed by atoms with E-state index in [0.717, 1.165) is 0 Å². The van der Waals surface area contributed by atoms with Crippen LogP contribution in [0.3, 0.4) is 0 Å². The number of ether oxygens (including phenoxy) is 1. The second kappa shape index (κ2) is 5.68. The van der Waals surface area contributed by atoms with Gasteiger partial charge in [0, 0.05) is 0 Å². The highest BCUT2D eigenvalue weighted by Gasteiger charge is 2.36. The van der Waals surface area contributed by atoms with Crippen molar-refractivity contribution < 1.29 is 19.7 Å². The van der Waals surface area contributed by atoms with E-state index in [-0.39, 0.29) is 6.61 Å². The first-order valence-electron chi connectivity index (χ1n) is 5.60. The highest BCUT2D eigenvalue weighted by molar-refractivity contribution is 5.71. The summed E-state index contributed by atoms with van der Waals surface area (Å²) in [6, 6.07) is 9.02. The average Bonchev–Trinajstić information content (AvgIpc) is 2.28. The van der Waals surface area contributed by atoms with Gasteiger partial charge in [-0.25, -0.2) is 0 Å². The van der Waals surface area contributed by atoms with Crippen LogP contribution in [-0.2, 0) is 4.79 Å². The summed E-state index contributed by atoms with van der Waals surface area (Å²) < 4.78 is 5.39. The first-order chi connectivity index (χ1) is 7.97. The number of aliphatic hydroxyl groups is 1. The maximum atomic E-state index is 11.0. The lowest BCUT2D eigenvalue weighted by atomic mass is 9.88. The van der Waals surface area contributed by atoms with Crippen molar-refractivity contribution in [2.75, 3.05) is 6.61 Å². The number of rotatable bonds is 6. The normalized spacial score (nSPS) is 15.9. The largest absolute Gasteiger partial charge is 0.491 e. The molecule has 0 heterocycles. The van der Waals surface area contributed by atoms with Gasteiger partial charge in [0.2, 0.25) is 0 Å². The van der Waals surface area contributed by atoms with Crippen molar-refractivity contribution in [2.24, 2.45) is 5.92 Å². The quantitative estimate of drug-likeness (QED) is 0.794. The summed E-state index contributed by atoms with van der Waals surface area (Å²) in [7, 11) is 0. The molecule has 17 heavy (non-hydrogen) atoms. The van der Waals surface area contributed by atoms with Crippen molar-refractivity contribution in [3.63, 3.8) is 0 Å². The third-order valence-corrected chi connectivity index (χ3v) is 2.73. The number of aliphatic carboxylic acids is 1. The summed E-state index contributed by atoms with van der Waals surface area (Å²) >= 11 is 0. The number of benzene rings is 1. The van der Waals surface area contributed by atoms with Gasteiger partial charge in [0.05, 0.1) is 5.92 Å². The predicted octanol–water partition coefficient (Wildman–Crippen LogP) is 1.93. The molecule has 0 spiro atoms. The van der Waals surface area contributed by atoms with E-state index in [1.165, 1.54) is 6.92 Å². The molecule has 4 heteroatoms. The van der Waals surface area contributed by atoms with Crippen molar-refractivity contribution >= 4 is 5.97 Å². The Balaban J connectivity index is 2.63. The third kappa shape index (κ3) is 3.75. The van der Waals surface area contributed by atoms with Crippen LogP contribution in [0.15, 0.2) is 30.3 Å². The summed E-state index contributed by atoms with van der Waals surface area (Å²) in [6.07, 6.45) is 0.362. The zero-order valence-electron chi connectivity index (χ0n) is 10.1. The average molecular weight is 238 g/mol. The minimum absolute atomic E-state index is 0.0399. The minimum atomic E-state index is -1.38. The van der Waals surface area contributed by atoms with Gasteiger partial charge >= 0.3 is 5.97 Å². The smallest absolute Gasteiger partial charge is 0.309 e. The highest BCUT2D eigenvalue weighted by atomic mass is 16.5. The molecular formula is C13H18O4. The van der Waals surface area contributed by atoms with Crippen molar-refractivity contribution in [1.82, 2.24) is 0 Å². The molecule has 0 aliphatic carbocycles. The van der Waals surface area contributed by atoms with Crippen LogP contribution in [0, 0.1) is 5.92 Å². The molecule has 0 amide bonds. The van der Waals surface area contributed by atoms with Gasteiger partial charge < -0.3 is 14.9 Å². The Morgan fingerprint density at radius 2 is 2.00 bits per heavy atom. The Kier molecular flexibility index (Phi) is 4.52. The van der Waals surface area contributed by atoms with Gasteiger partial charge in [-0.3, -0.25) is 4.79 Å². The summed E-state index contributed by atoms with van der Waals surface area (Å²) in [6.45, 7) is 3.18. The fourth-order valence-corrected chi connectivity index (χ4v) is 1.73. The lowest BCUT2D eigenvalue weighted by Gasteiger charge is -2.29. The molecule has 0 aliphatic heterocycles. The lowest BCUT2D eigenvalue weighted by molar-refractivity contribution is -0.153.